The lowest BCUT2D eigenvalue weighted by Gasteiger charge is -2.17. The van der Waals surface area contributed by atoms with Crippen molar-refractivity contribution >= 4 is 33.7 Å². The van der Waals surface area contributed by atoms with E-state index in [0.717, 1.165) is 40.7 Å². The lowest BCUT2D eigenvalue weighted by atomic mass is 10.0. The van der Waals surface area contributed by atoms with E-state index in [9.17, 15) is 9.18 Å². The van der Waals surface area contributed by atoms with Gasteiger partial charge in [-0.3, -0.25) is 9.69 Å². The monoisotopic (exact) mass is 413 g/mol. The molecular weight excluding hydrogens is 393 g/mol. The van der Waals surface area contributed by atoms with Crippen LogP contribution in [0.5, 0.6) is 0 Å². The first-order valence-electron chi connectivity index (χ1n) is 9.24. The van der Waals surface area contributed by atoms with E-state index in [0.29, 0.717) is 12.2 Å². The molecule has 2 aromatic heterocycles. The Labute approximate surface area is 171 Å². The van der Waals surface area contributed by atoms with Crippen molar-refractivity contribution in [2.24, 2.45) is 0 Å². The molecule has 0 unspecified atom stereocenters. The van der Waals surface area contributed by atoms with Crippen LogP contribution >= 0.6 is 22.7 Å². The number of halogens is 1. The zero-order valence-electron chi connectivity index (χ0n) is 15.4. The van der Waals surface area contributed by atoms with Crippen LogP contribution in [0.1, 0.15) is 29.1 Å². The van der Waals surface area contributed by atoms with Crippen LogP contribution in [0.4, 0.5) is 9.52 Å². The average Bonchev–Trinajstić information content (AvgIpc) is 3.33. The molecule has 0 fully saturated rings. The van der Waals surface area contributed by atoms with Gasteiger partial charge in [0.15, 0.2) is 5.13 Å². The molecule has 0 saturated heterocycles. The Kier molecular flexibility index (Phi) is 5.64. The van der Waals surface area contributed by atoms with Gasteiger partial charge in [-0.25, -0.2) is 14.4 Å². The highest BCUT2D eigenvalue weighted by molar-refractivity contribution is 7.16. The third-order valence-electron chi connectivity index (χ3n) is 4.65. The summed E-state index contributed by atoms with van der Waals surface area (Å²) in [6.45, 7) is 4.22. The molecule has 2 heterocycles. The summed E-state index contributed by atoms with van der Waals surface area (Å²) in [5.74, 6) is -0.316. The minimum absolute atomic E-state index is 0.0399. The second-order valence-corrected chi connectivity index (χ2v) is 8.61. The highest BCUT2D eigenvalue weighted by Crippen LogP contribution is 2.32. The molecule has 0 bridgehead atoms. The molecule has 28 heavy (non-hydrogen) atoms. The fraction of sp³-hybridized carbons (Fsp3) is 0.286. The second-order valence-electron chi connectivity index (χ2n) is 6.69. The summed E-state index contributed by atoms with van der Waals surface area (Å²) in [6.07, 6.45) is 6.33. The number of aromatic nitrogens is 2. The van der Waals surface area contributed by atoms with Crippen LogP contribution in [0.15, 0.2) is 42.3 Å². The van der Waals surface area contributed by atoms with E-state index < -0.39 is 0 Å². The molecule has 0 atom stereocenters. The Balaban J connectivity index is 1.51. The highest BCUT2D eigenvalue weighted by atomic mass is 32.1. The van der Waals surface area contributed by atoms with Gasteiger partial charge >= 0.3 is 0 Å². The normalized spacial score (nSPS) is 13.2. The van der Waals surface area contributed by atoms with Crippen molar-refractivity contribution in [2.45, 2.75) is 32.1 Å². The number of carbonyl (C=O) groups excluding carboxylic acids is 1. The van der Waals surface area contributed by atoms with Crippen LogP contribution in [0, 0.1) is 5.82 Å². The molecule has 3 aromatic rings. The zero-order valence-corrected chi connectivity index (χ0v) is 17.0. The average molecular weight is 414 g/mol. The van der Waals surface area contributed by atoms with E-state index in [-0.39, 0.29) is 18.1 Å². The highest BCUT2D eigenvalue weighted by Gasteiger charge is 2.23. The van der Waals surface area contributed by atoms with Gasteiger partial charge in [0.1, 0.15) is 10.8 Å². The number of carbonyl (C=O) groups is 1. The predicted molar refractivity (Wildman–Crippen MR) is 113 cm³/mol. The molecule has 0 N–H and O–H groups in total. The van der Waals surface area contributed by atoms with Crippen LogP contribution < -0.4 is 4.90 Å². The van der Waals surface area contributed by atoms with Crippen molar-refractivity contribution in [3.05, 3.63) is 64.4 Å². The minimum atomic E-state index is -0.276. The largest absolute Gasteiger partial charge is 0.284 e. The minimum Gasteiger partial charge on any atom is -0.284 e. The Morgan fingerprint density at radius 2 is 2.00 bits per heavy atom. The lowest BCUT2D eigenvalue weighted by Crippen LogP contribution is -2.32. The number of rotatable bonds is 6. The Morgan fingerprint density at radius 3 is 2.75 bits per heavy atom. The molecule has 0 radical (unpaired) electrons. The van der Waals surface area contributed by atoms with Crippen LogP contribution in [0.25, 0.3) is 10.6 Å². The molecule has 0 aliphatic heterocycles. The topological polar surface area (TPSA) is 46.1 Å². The number of aryl methyl sites for hydroxylation is 2. The van der Waals surface area contributed by atoms with Gasteiger partial charge in [-0.15, -0.1) is 29.3 Å². The molecular formula is C21H20FN3OS2. The van der Waals surface area contributed by atoms with E-state index in [2.05, 4.69) is 11.6 Å². The van der Waals surface area contributed by atoms with E-state index in [1.165, 1.54) is 34.8 Å². The van der Waals surface area contributed by atoms with E-state index >= 15 is 0 Å². The van der Waals surface area contributed by atoms with Gasteiger partial charge in [-0.1, -0.05) is 6.08 Å². The smallest absolute Gasteiger partial charge is 0.235 e. The van der Waals surface area contributed by atoms with Crippen molar-refractivity contribution in [3.63, 3.8) is 0 Å². The first kappa shape index (κ1) is 19.0. The van der Waals surface area contributed by atoms with Crippen molar-refractivity contribution in [1.29, 1.82) is 0 Å². The molecule has 0 saturated carbocycles. The van der Waals surface area contributed by atoms with Gasteiger partial charge in [-0.2, -0.15) is 0 Å². The van der Waals surface area contributed by atoms with Crippen LogP contribution in [-0.2, 0) is 24.1 Å². The van der Waals surface area contributed by atoms with E-state index in [1.54, 1.807) is 34.4 Å². The van der Waals surface area contributed by atoms with Gasteiger partial charge in [0.05, 0.1) is 17.8 Å². The second kappa shape index (κ2) is 8.32. The number of thiazole rings is 2. The van der Waals surface area contributed by atoms with Crippen LogP contribution in [-0.4, -0.2) is 22.4 Å². The SMILES string of the molecule is C=CCN(C(=O)Cc1csc(-c2ccc(F)cc2)n1)c1nc2c(s1)CCCC2. The number of amides is 1. The summed E-state index contributed by atoms with van der Waals surface area (Å²) >= 11 is 3.07. The molecule has 1 aromatic carbocycles. The number of anilines is 1. The fourth-order valence-corrected chi connectivity index (χ4v) is 5.23. The first-order chi connectivity index (χ1) is 13.6. The summed E-state index contributed by atoms with van der Waals surface area (Å²) < 4.78 is 13.1. The van der Waals surface area contributed by atoms with Gasteiger partial charge in [0.25, 0.3) is 0 Å². The van der Waals surface area contributed by atoms with Crippen molar-refractivity contribution in [3.8, 4) is 10.6 Å². The molecule has 7 heteroatoms. The van der Waals surface area contributed by atoms with Gasteiger partial charge in [0, 0.05) is 22.4 Å². The molecule has 1 aliphatic rings. The fourth-order valence-electron chi connectivity index (χ4n) is 3.23. The number of hydrogen-bond donors (Lipinski definition) is 0. The maximum atomic E-state index is 13.1. The predicted octanol–water partition coefficient (Wildman–Crippen LogP) is 5.05. The van der Waals surface area contributed by atoms with Crippen LogP contribution in [0.3, 0.4) is 0 Å². The maximum absolute atomic E-state index is 13.1. The van der Waals surface area contributed by atoms with Crippen LogP contribution in [0.2, 0.25) is 0 Å². The molecule has 4 rings (SSSR count). The van der Waals surface area contributed by atoms with Crippen molar-refractivity contribution in [1.82, 2.24) is 9.97 Å². The third-order valence-corrected chi connectivity index (χ3v) is 6.77. The summed E-state index contributed by atoms with van der Waals surface area (Å²) in [5.41, 5.74) is 2.70. The summed E-state index contributed by atoms with van der Waals surface area (Å²) in [4.78, 5) is 25.2. The Bertz CT molecular complexity index is 970. The van der Waals surface area contributed by atoms with Gasteiger partial charge < -0.3 is 0 Å². The van der Waals surface area contributed by atoms with Crippen molar-refractivity contribution < 1.29 is 9.18 Å². The number of fused-ring (bicyclic) bond motifs is 1. The summed E-state index contributed by atoms with van der Waals surface area (Å²) in [5, 5.41) is 3.42. The summed E-state index contributed by atoms with van der Waals surface area (Å²) in [6, 6.07) is 6.23. The van der Waals surface area contributed by atoms with E-state index in [1.807, 2.05) is 5.38 Å². The molecule has 1 amide bonds. The molecule has 4 nitrogen and oxygen atoms in total. The van der Waals surface area contributed by atoms with Crippen molar-refractivity contribution in [2.75, 3.05) is 11.4 Å². The van der Waals surface area contributed by atoms with Gasteiger partial charge in [0.2, 0.25) is 5.91 Å². The number of nitrogens with zero attached hydrogens (tertiary/aromatic N) is 3. The number of benzene rings is 1. The molecule has 144 valence electrons. The lowest BCUT2D eigenvalue weighted by molar-refractivity contribution is -0.117. The maximum Gasteiger partial charge on any atom is 0.235 e. The zero-order chi connectivity index (χ0) is 19.5. The first-order valence-corrected chi connectivity index (χ1v) is 10.9. The van der Waals surface area contributed by atoms with E-state index in [4.69, 9.17) is 4.98 Å². The standard InChI is InChI=1S/C21H20FN3OS2/c1-2-11-25(21-24-17-5-3-4-6-18(17)28-21)19(26)12-16-13-27-20(23-16)14-7-9-15(22)10-8-14/h2,7-10,13H,1,3-6,11-12H2. The van der Waals surface area contributed by atoms with Gasteiger partial charge in [-0.05, 0) is 49.9 Å². The Morgan fingerprint density at radius 1 is 1.21 bits per heavy atom. The molecule has 1 aliphatic carbocycles. The third kappa shape index (κ3) is 4.05. The molecule has 0 spiro atoms. The quantitative estimate of drug-likeness (QED) is 0.532. The Hall–Kier alpha value is -2.38. The number of hydrogen-bond acceptors (Lipinski definition) is 5. The summed E-state index contributed by atoms with van der Waals surface area (Å²) in [7, 11) is 0.